The third-order valence-corrected chi connectivity index (χ3v) is 7.56. The molecule has 0 amide bonds. The molecular formula is C17H33NS. The number of hydrogen-bond donors (Lipinski definition) is 1. The van der Waals surface area contributed by atoms with E-state index in [1.807, 2.05) is 0 Å². The summed E-state index contributed by atoms with van der Waals surface area (Å²) in [6, 6.07) is 0.809. The molecule has 1 nitrogen and oxygen atoms in total. The molecule has 19 heavy (non-hydrogen) atoms. The molecule has 2 rings (SSSR count). The van der Waals surface area contributed by atoms with Gasteiger partial charge in [-0.05, 0) is 50.2 Å². The number of nitrogens with one attached hydrogen (secondary N) is 1. The van der Waals surface area contributed by atoms with E-state index in [0.717, 1.165) is 17.9 Å². The maximum atomic E-state index is 3.93. The summed E-state index contributed by atoms with van der Waals surface area (Å²) in [4.78, 5) is 0. The molecule has 0 radical (unpaired) electrons. The number of fused-ring (bicyclic) bond motifs is 1. The van der Waals surface area contributed by atoms with Gasteiger partial charge in [0.1, 0.15) is 0 Å². The minimum atomic E-state index is 0.476. The normalized spacial score (nSPS) is 32.1. The van der Waals surface area contributed by atoms with Gasteiger partial charge in [-0.2, -0.15) is 11.8 Å². The Bertz CT molecular complexity index is 254. The van der Waals surface area contributed by atoms with E-state index in [4.69, 9.17) is 0 Å². The Morgan fingerprint density at radius 3 is 2.32 bits per heavy atom. The fraction of sp³-hybridized carbons (Fsp3) is 1.00. The summed E-state index contributed by atoms with van der Waals surface area (Å²) < 4.78 is 0.476. The van der Waals surface area contributed by atoms with Crippen LogP contribution in [-0.4, -0.2) is 23.6 Å². The van der Waals surface area contributed by atoms with Crippen molar-refractivity contribution in [3.05, 3.63) is 0 Å². The molecule has 2 saturated carbocycles. The van der Waals surface area contributed by atoms with Gasteiger partial charge in [0.25, 0.3) is 0 Å². The summed E-state index contributed by atoms with van der Waals surface area (Å²) >= 11 is 2.07. The Morgan fingerprint density at radius 2 is 1.68 bits per heavy atom. The van der Waals surface area contributed by atoms with E-state index >= 15 is 0 Å². The second-order valence-electron chi connectivity index (χ2n) is 6.79. The number of rotatable bonds is 6. The lowest BCUT2D eigenvalue weighted by Crippen LogP contribution is -2.45. The fourth-order valence-electron chi connectivity index (χ4n) is 4.25. The second-order valence-corrected chi connectivity index (χ2v) is 8.06. The van der Waals surface area contributed by atoms with Crippen LogP contribution < -0.4 is 5.32 Å². The van der Waals surface area contributed by atoms with Gasteiger partial charge in [-0.3, -0.25) is 0 Å². The highest BCUT2D eigenvalue weighted by Crippen LogP contribution is 2.40. The Labute approximate surface area is 124 Å². The number of hydrogen-bond acceptors (Lipinski definition) is 2. The van der Waals surface area contributed by atoms with Gasteiger partial charge in [-0.1, -0.05) is 39.5 Å². The molecule has 0 aliphatic heterocycles. The first-order chi connectivity index (χ1) is 9.23. The van der Waals surface area contributed by atoms with Gasteiger partial charge in [-0.15, -0.1) is 0 Å². The van der Waals surface area contributed by atoms with Crippen molar-refractivity contribution in [1.29, 1.82) is 0 Å². The van der Waals surface area contributed by atoms with Crippen molar-refractivity contribution in [2.75, 3.05) is 12.8 Å². The topological polar surface area (TPSA) is 12.0 Å². The molecule has 0 bridgehead atoms. The molecule has 0 heterocycles. The predicted molar refractivity (Wildman–Crippen MR) is 87.9 cm³/mol. The molecule has 0 spiro atoms. The monoisotopic (exact) mass is 283 g/mol. The average molecular weight is 284 g/mol. The van der Waals surface area contributed by atoms with E-state index in [-0.39, 0.29) is 0 Å². The minimum Gasteiger partial charge on any atom is -0.313 e. The van der Waals surface area contributed by atoms with Gasteiger partial charge in [0.05, 0.1) is 0 Å². The highest BCUT2D eigenvalue weighted by molar-refractivity contribution is 8.00. The lowest BCUT2D eigenvalue weighted by Gasteiger charge is -2.41. The molecule has 0 aromatic heterocycles. The first kappa shape index (κ1) is 15.7. The summed E-state index contributed by atoms with van der Waals surface area (Å²) in [5, 5.41) is 3.93. The zero-order valence-corrected chi connectivity index (χ0v) is 14.0. The molecule has 2 heteroatoms. The molecule has 0 aromatic rings. The predicted octanol–water partition coefficient (Wildman–Crippen LogP) is 4.86. The highest BCUT2D eigenvalue weighted by Gasteiger charge is 2.33. The molecule has 2 fully saturated rings. The van der Waals surface area contributed by atoms with Gasteiger partial charge in [0.2, 0.25) is 0 Å². The summed E-state index contributed by atoms with van der Waals surface area (Å²) in [7, 11) is 0. The third-order valence-electron chi connectivity index (χ3n) is 5.97. The lowest BCUT2D eigenvalue weighted by atomic mass is 9.69. The largest absolute Gasteiger partial charge is 0.313 e. The van der Waals surface area contributed by atoms with Crippen LogP contribution in [0.25, 0.3) is 0 Å². The smallest absolute Gasteiger partial charge is 0.0276 e. The molecule has 2 aliphatic carbocycles. The molecule has 3 atom stereocenters. The van der Waals surface area contributed by atoms with Crippen LogP contribution in [0.15, 0.2) is 0 Å². The van der Waals surface area contributed by atoms with Gasteiger partial charge < -0.3 is 5.32 Å². The Kier molecular flexibility index (Phi) is 6.08. The standard InChI is InChI=1S/C17H33NS/c1-4-17(5-2,19-3)13-18-16-11-10-14-8-6-7-9-15(14)12-16/h14-16,18H,4-13H2,1-3H3. The highest BCUT2D eigenvalue weighted by atomic mass is 32.2. The van der Waals surface area contributed by atoms with Crippen LogP contribution in [0.2, 0.25) is 0 Å². The van der Waals surface area contributed by atoms with Crippen LogP contribution in [-0.2, 0) is 0 Å². The Morgan fingerprint density at radius 1 is 1.00 bits per heavy atom. The first-order valence-electron chi connectivity index (χ1n) is 8.51. The van der Waals surface area contributed by atoms with Gasteiger partial charge in [0, 0.05) is 17.3 Å². The van der Waals surface area contributed by atoms with E-state index < -0.39 is 0 Å². The van der Waals surface area contributed by atoms with Crippen molar-refractivity contribution in [3.8, 4) is 0 Å². The van der Waals surface area contributed by atoms with Crippen molar-refractivity contribution in [2.24, 2.45) is 11.8 Å². The van der Waals surface area contributed by atoms with Crippen LogP contribution in [0.5, 0.6) is 0 Å². The first-order valence-corrected chi connectivity index (χ1v) is 9.74. The number of thioether (sulfide) groups is 1. The molecule has 0 aromatic carbocycles. The van der Waals surface area contributed by atoms with E-state index in [1.54, 1.807) is 0 Å². The van der Waals surface area contributed by atoms with Crippen LogP contribution in [0.4, 0.5) is 0 Å². The molecule has 2 aliphatic rings. The molecular weight excluding hydrogens is 250 g/mol. The summed E-state index contributed by atoms with van der Waals surface area (Å²) in [5.41, 5.74) is 0. The van der Waals surface area contributed by atoms with E-state index in [0.29, 0.717) is 4.75 Å². The molecule has 1 N–H and O–H groups in total. The van der Waals surface area contributed by atoms with Crippen molar-refractivity contribution in [3.63, 3.8) is 0 Å². The summed E-state index contributed by atoms with van der Waals surface area (Å²) in [6.45, 7) is 5.91. The average Bonchev–Trinajstić information content (AvgIpc) is 2.49. The quantitative estimate of drug-likeness (QED) is 0.747. The van der Waals surface area contributed by atoms with Crippen LogP contribution in [0.3, 0.4) is 0 Å². The maximum absolute atomic E-state index is 3.93. The van der Waals surface area contributed by atoms with E-state index in [1.165, 1.54) is 64.3 Å². The van der Waals surface area contributed by atoms with Crippen molar-refractivity contribution >= 4 is 11.8 Å². The van der Waals surface area contributed by atoms with Crippen molar-refractivity contribution in [2.45, 2.75) is 82.4 Å². The van der Waals surface area contributed by atoms with E-state index in [9.17, 15) is 0 Å². The van der Waals surface area contributed by atoms with Gasteiger partial charge in [0.15, 0.2) is 0 Å². The third kappa shape index (κ3) is 3.91. The van der Waals surface area contributed by atoms with E-state index in [2.05, 4.69) is 37.2 Å². The second kappa shape index (κ2) is 7.36. The van der Waals surface area contributed by atoms with Crippen LogP contribution in [0.1, 0.15) is 71.6 Å². The Hall–Kier alpha value is 0.310. The molecule has 112 valence electrons. The molecule has 0 saturated heterocycles. The van der Waals surface area contributed by atoms with Crippen LogP contribution in [0, 0.1) is 11.8 Å². The Balaban J connectivity index is 1.80. The van der Waals surface area contributed by atoms with Gasteiger partial charge >= 0.3 is 0 Å². The van der Waals surface area contributed by atoms with Crippen molar-refractivity contribution < 1.29 is 0 Å². The maximum Gasteiger partial charge on any atom is 0.0276 e. The molecule has 3 unspecified atom stereocenters. The zero-order valence-electron chi connectivity index (χ0n) is 13.2. The fourth-order valence-corrected chi connectivity index (χ4v) is 5.05. The van der Waals surface area contributed by atoms with Crippen molar-refractivity contribution in [1.82, 2.24) is 5.32 Å². The van der Waals surface area contributed by atoms with Crippen LogP contribution >= 0.6 is 11.8 Å². The zero-order chi connectivity index (χ0) is 13.7. The van der Waals surface area contributed by atoms with Gasteiger partial charge in [-0.25, -0.2) is 0 Å². The lowest BCUT2D eigenvalue weighted by molar-refractivity contribution is 0.142. The summed E-state index contributed by atoms with van der Waals surface area (Å²) in [5.74, 6) is 2.13. The summed E-state index contributed by atoms with van der Waals surface area (Å²) in [6.07, 6.45) is 15.3. The SMILES string of the molecule is CCC(CC)(CNC1CCC2CCCCC2C1)SC. The minimum absolute atomic E-state index is 0.476.